The van der Waals surface area contributed by atoms with E-state index in [1.54, 1.807) is 0 Å². The molecule has 1 aliphatic heterocycles. The Kier molecular flexibility index (Phi) is 8.01. The van der Waals surface area contributed by atoms with Crippen LogP contribution in [0.3, 0.4) is 0 Å². The Morgan fingerprint density at radius 1 is 0.920 bits per heavy atom. The van der Waals surface area contributed by atoms with Gasteiger partial charge in [0.15, 0.2) is 0 Å². The average molecular weight is 372 g/mol. The van der Waals surface area contributed by atoms with E-state index in [0.29, 0.717) is 18.4 Å². The Balaban J connectivity index is 0.00000225. The standard InChI is InChI=1S/C19H33N3O2.ClH/c20-13-15-7-4-8-17(15)19(24)22-11-9-16(10-12-22)21-18(23)14-5-2-1-3-6-14;/h14-17H,1-13,20H2,(H,21,23);1H/t15-,17-;/m1./s1. The van der Waals surface area contributed by atoms with Gasteiger partial charge in [-0.2, -0.15) is 0 Å². The molecule has 0 aromatic carbocycles. The van der Waals surface area contributed by atoms with Crippen LogP contribution in [0.5, 0.6) is 0 Å². The van der Waals surface area contributed by atoms with Crippen LogP contribution in [-0.4, -0.2) is 42.4 Å². The van der Waals surface area contributed by atoms with Crippen molar-refractivity contribution in [3.8, 4) is 0 Å². The maximum atomic E-state index is 12.7. The lowest BCUT2D eigenvalue weighted by atomic mass is 9.88. The first-order valence-electron chi connectivity index (χ1n) is 9.98. The van der Waals surface area contributed by atoms with Crippen molar-refractivity contribution >= 4 is 24.2 Å². The highest BCUT2D eigenvalue weighted by Gasteiger charge is 2.36. The average Bonchev–Trinajstić information content (AvgIpc) is 3.11. The molecule has 3 aliphatic rings. The molecule has 1 heterocycles. The van der Waals surface area contributed by atoms with Gasteiger partial charge in [0.1, 0.15) is 0 Å². The molecule has 0 spiro atoms. The fourth-order valence-corrected chi connectivity index (χ4v) is 4.81. The summed E-state index contributed by atoms with van der Waals surface area (Å²) in [6, 6.07) is 0.248. The second-order valence-corrected chi connectivity index (χ2v) is 7.98. The molecule has 2 amide bonds. The molecule has 2 saturated carbocycles. The minimum Gasteiger partial charge on any atom is -0.353 e. The number of nitrogens with zero attached hydrogens (tertiary/aromatic N) is 1. The summed E-state index contributed by atoms with van der Waals surface area (Å²) in [4.78, 5) is 27.1. The Labute approximate surface area is 157 Å². The molecule has 6 heteroatoms. The number of rotatable bonds is 4. The van der Waals surface area contributed by atoms with Gasteiger partial charge in [-0.05, 0) is 51.0 Å². The zero-order chi connectivity index (χ0) is 16.9. The van der Waals surface area contributed by atoms with Crippen molar-refractivity contribution in [2.75, 3.05) is 19.6 Å². The van der Waals surface area contributed by atoms with Gasteiger partial charge in [-0.25, -0.2) is 0 Å². The van der Waals surface area contributed by atoms with E-state index in [9.17, 15) is 9.59 Å². The van der Waals surface area contributed by atoms with E-state index in [4.69, 9.17) is 5.73 Å². The molecule has 3 rings (SSSR count). The quantitative estimate of drug-likeness (QED) is 0.797. The van der Waals surface area contributed by atoms with Crippen LogP contribution >= 0.6 is 12.4 Å². The van der Waals surface area contributed by atoms with Gasteiger partial charge in [0.2, 0.25) is 11.8 Å². The van der Waals surface area contributed by atoms with Crippen molar-refractivity contribution in [2.24, 2.45) is 23.5 Å². The summed E-state index contributed by atoms with van der Waals surface area (Å²) in [6.45, 7) is 2.19. The first kappa shape index (κ1) is 20.5. The molecule has 5 nitrogen and oxygen atoms in total. The summed E-state index contributed by atoms with van der Waals surface area (Å²) in [5.74, 6) is 1.30. The highest BCUT2D eigenvalue weighted by Crippen LogP contribution is 2.33. The maximum absolute atomic E-state index is 12.7. The molecular weight excluding hydrogens is 338 g/mol. The second-order valence-electron chi connectivity index (χ2n) is 7.98. The van der Waals surface area contributed by atoms with Gasteiger partial charge in [-0.15, -0.1) is 12.4 Å². The molecule has 1 saturated heterocycles. The van der Waals surface area contributed by atoms with Gasteiger partial charge in [0.05, 0.1) is 0 Å². The smallest absolute Gasteiger partial charge is 0.226 e. The molecule has 2 aliphatic carbocycles. The minimum absolute atomic E-state index is 0. The van der Waals surface area contributed by atoms with Crippen LogP contribution in [0.2, 0.25) is 0 Å². The van der Waals surface area contributed by atoms with Gasteiger partial charge in [-0.1, -0.05) is 25.7 Å². The maximum Gasteiger partial charge on any atom is 0.226 e. The largest absolute Gasteiger partial charge is 0.353 e. The third-order valence-corrected chi connectivity index (χ3v) is 6.41. The zero-order valence-corrected chi connectivity index (χ0v) is 16.1. The van der Waals surface area contributed by atoms with E-state index in [1.807, 2.05) is 4.90 Å². The number of carbonyl (C=O) groups is 2. The Bertz CT molecular complexity index is 446. The summed E-state index contributed by atoms with van der Waals surface area (Å²) in [6.07, 6.45) is 10.8. The van der Waals surface area contributed by atoms with E-state index in [2.05, 4.69) is 5.32 Å². The second kappa shape index (κ2) is 9.77. The van der Waals surface area contributed by atoms with Crippen LogP contribution in [0.25, 0.3) is 0 Å². The van der Waals surface area contributed by atoms with E-state index < -0.39 is 0 Å². The number of piperidine rings is 1. The van der Waals surface area contributed by atoms with Gasteiger partial charge in [0, 0.05) is 31.0 Å². The van der Waals surface area contributed by atoms with Gasteiger partial charge in [0.25, 0.3) is 0 Å². The normalized spacial score (nSPS) is 28.4. The fraction of sp³-hybridized carbons (Fsp3) is 0.895. The lowest BCUT2D eigenvalue weighted by molar-refractivity contribution is -0.137. The van der Waals surface area contributed by atoms with Gasteiger partial charge < -0.3 is 16.0 Å². The number of halogens is 1. The number of nitrogens with one attached hydrogen (secondary N) is 1. The predicted molar refractivity (Wildman–Crippen MR) is 101 cm³/mol. The number of hydrogen-bond donors (Lipinski definition) is 2. The van der Waals surface area contributed by atoms with Crippen molar-refractivity contribution in [3.05, 3.63) is 0 Å². The number of hydrogen-bond acceptors (Lipinski definition) is 3. The van der Waals surface area contributed by atoms with Crippen LogP contribution < -0.4 is 11.1 Å². The Morgan fingerprint density at radius 3 is 2.24 bits per heavy atom. The summed E-state index contributed by atoms with van der Waals surface area (Å²) >= 11 is 0. The van der Waals surface area contributed by atoms with Crippen LogP contribution in [0.1, 0.15) is 64.2 Å². The molecule has 0 bridgehead atoms. The monoisotopic (exact) mass is 371 g/mol. The Morgan fingerprint density at radius 2 is 1.60 bits per heavy atom. The van der Waals surface area contributed by atoms with Crippen molar-refractivity contribution in [2.45, 2.75) is 70.3 Å². The van der Waals surface area contributed by atoms with Crippen LogP contribution in [0.4, 0.5) is 0 Å². The summed E-state index contributed by atoms with van der Waals surface area (Å²) in [7, 11) is 0. The topological polar surface area (TPSA) is 75.4 Å². The molecule has 0 aromatic rings. The molecule has 3 fully saturated rings. The third-order valence-electron chi connectivity index (χ3n) is 6.41. The lowest BCUT2D eigenvalue weighted by Gasteiger charge is -2.35. The molecule has 0 aromatic heterocycles. The number of nitrogens with two attached hydrogens (primary N) is 1. The number of carbonyl (C=O) groups excluding carboxylic acids is 2. The van der Waals surface area contributed by atoms with E-state index in [-0.39, 0.29) is 36.2 Å². The fourth-order valence-electron chi connectivity index (χ4n) is 4.81. The van der Waals surface area contributed by atoms with E-state index in [1.165, 1.54) is 19.3 Å². The van der Waals surface area contributed by atoms with Crippen molar-refractivity contribution in [1.29, 1.82) is 0 Å². The molecular formula is C19H34ClN3O2. The minimum atomic E-state index is 0. The number of amides is 2. The molecule has 144 valence electrons. The zero-order valence-electron chi connectivity index (χ0n) is 15.3. The first-order valence-corrected chi connectivity index (χ1v) is 9.98. The lowest BCUT2D eigenvalue weighted by Crippen LogP contribution is -2.49. The van der Waals surface area contributed by atoms with Gasteiger partial charge in [-0.3, -0.25) is 9.59 Å². The highest BCUT2D eigenvalue weighted by molar-refractivity contribution is 5.85. The summed E-state index contributed by atoms with van der Waals surface area (Å²) in [5, 5.41) is 3.24. The van der Waals surface area contributed by atoms with Gasteiger partial charge >= 0.3 is 0 Å². The van der Waals surface area contributed by atoms with Crippen LogP contribution in [-0.2, 0) is 9.59 Å². The predicted octanol–water partition coefficient (Wildman–Crippen LogP) is 2.47. The van der Waals surface area contributed by atoms with Crippen molar-refractivity contribution < 1.29 is 9.59 Å². The summed E-state index contributed by atoms with van der Waals surface area (Å²) < 4.78 is 0. The Hall–Kier alpha value is -0.810. The third kappa shape index (κ3) is 5.10. The highest BCUT2D eigenvalue weighted by atomic mass is 35.5. The molecule has 0 unspecified atom stereocenters. The molecule has 25 heavy (non-hydrogen) atoms. The SMILES string of the molecule is Cl.NC[C@H]1CCC[C@H]1C(=O)N1CCC(NC(=O)C2CCCCC2)CC1. The van der Waals surface area contributed by atoms with E-state index in [0.717, 1.165) is 58.0 Å². The molecule has 2 atom stereocenters. The van der Waals surface area contributed by atoms with Crippen LogP contribution in [0.15, 0.2) is 0 Å². The summed E-state index contributed by atoms with van der Waals surface area (Å²) in [5.41, 5.74) is 5.82. The molecule has 0 radical (unpaired) electrons. The van der Waals surface area contributed by atoms with E-state index >= 15 is 0 Å². The number of likely N-dealkylation sites (tertiary alicyclic amines) is 1. The first-order chi connectivity index (χ1) is 11.7. The molecule has 3 N–H and O–H groups in total. The van der Waals surface area contributed by atoms with Crippen LogP contribution in [0, 0.1) is 17.8 Å². The van der Waals surface area contributed by atoms with Crippen molar-refractivity contribution in [1.82, 2.24) is 10.2 Å². The van der Waals surface area contributed by atoms with Crippen molar-refractivity contribution in [3.63, 3.8) is 0 Å².